The maximum Gasteiger partial charge on any atom is 0.268 e. The summed E-state index contributed by atoms with van der Waals surface area (Å²) in [5.74, 6) is -0.123. The van der Waals surface area contributed by atoms with Gasteiger partial charge in [0.05, 0.1) is 17.4 Å². The molecule has 32 heavy (non-hydrogen) atoms. The van der Waals surface area contributed by atoms with Crippen LogP contribution in [0.2, 0.25) is 0 Å². The van der Waals surface area contributed by atoms with Crippen LogP contribution in [0.4, 0.5) is 33.2 Å². The molecule has 3 N–H and O–H groups in total. The van der Waals surface area contributed by atoms with E-state index in [9.17, 15) is 9.18 Å². The van der Waals surface area contributed by atoms with E-state index in [2.05, 4.69) is 31.0 Å². The maximum atomic E-state index is 14.4. The van der Waals surface area contributed by atoms with E-state index in [-0.39, 0.29) is 17.7 Å². The summed E-state index contributed by atoms with van der Waals surface area (Å²) < 4.78 is 21.8. The van der Waals surface area contributed by atoms with Crippen LogP contribution in [0.3, 0.4) is 0 Å². The summed E-state index contributed by atoms with van der Waals surface area (Å²) in [6, 6.07) is 10.7. The van der Waals surface area contributed by atoms with Crippen molar-refractivity contribution in [1.29, 1.82) is 0 Å². The molecule has 0 radical (unpaired) electrons. The number of halogens is 1. The topological polar surface area (TPSA) is 106 Å². The molecule has 4 aromatic rings. The van der Waals surface area contributed by atoms with Crippen LogP contribution >= 0.6 is 0 Å². The fourth-order valence-corrected chi connectivity index (χ4v) is 3.39. The molecule has 0 atom stereocenters. The number of hydrogen-bond acceptors (Lipinski definition) is 7. The van der Waals surface area contributed by atoms with Gasteiger partial charge in [0.15, 0.2) is 17.2 Å². The van der Waals surface area contributed by atoms with Gasteiger partial charge in [-0.2, -0.15) is 10.1 Å². The Hall–Kier alpha value is -4.21. The Morgan fingerprint density at radius 2 is 1.91 bits per heavy atom. The molecule has 0 aliphatic carbocycles. The first-order valence-electron chi connectivity index (χ1n) is 9.91. The van der Waals surface area contributed by atoms with Gasteiger partial charge in [-0.15, -0.1) is 0 Å². The lowest BCUT2D eigenvalue weighted by Crippen LogP contribution is -2.45. The highest BCUT2D eigenvalue weighted by Crippen LogP contribution is 2.36. The second-order valence-corrected chi connectivity index (χ2v) is 7.99. The molecule has 5 rings (SSSR count). The number of carbonyl (C=O) groups is 1. The number of hydrogen-bond donors (Lipinski definition) is 3. The van der Waals surface area contributed by atoms with Gasteiger partial charge in [-0.25, -0.2) is 9.37 Å². The molecule has 2 aromatic heterocycles. The smallest absolute Gasteiger partial charge is 0.268 e. The number of ether oxygens (including phenoxy) is 1. The molecule has 0 saturated heterocycles. The summed E-state index contributed by atoms with van der Waals surface area (Å²) in [4.78, 5) is 20.4. The van der Waals surface area contributed by atoms with E-state index in [1.54, 1.807) is 36.7 Å². The Kier molecular flexibility index (Phi) is 4.43. The Balaban J connectivity index is 1.38. The lowest BCUT2D eigenvalue weighted by molar-refractivity contribution is -0.129. The summed E-state index contributed by atoms with van der Waals surface area (Å²) in [7, 11) is 1.85. The molecule has 1 amide bonds. The summed E-state index contributed by atoms with van der Waals surface area (Å²) in [6.07, 6.45) is 3.01. The molecule has 10 heteroatoms. The minimum absolute atomic E-state index is 0.00949. The molecular formula is C22H20FN7O2. The minimum atomic E-state index is -0.959. The van der Waals surface area contributed by atoms with Crippen LogP contribution in [0.15, 0.2) is 48.8 Å². The molecule has 0 unspecified atom stereocenters. The van der Waals surface area contributed by atoms with Crippen LogP contribution in [0.5, 0.6) is 5.75 Å². The van der Waals surface area contributed by atoms with Crippen molar-refractivity contribution in [2.75, 3.05) is 16.0 Å². The van der Waals surface area contributed by atoms with Gasteiger partial charge in [-0.1, -0.05) is 0 Å². The number of benzene rings is 2. The normalized spacial score (nSPS) is 14.4. The van der Waals surface area contributed by atoms with Crippen LogP contribution in [0, 0.1) is 5.82 Å². The highest BCUT2D eigenvalue weighted by molar-refractivity contribution is 6.00. The standard InChI is InChI=1S/C22H20FN7O2/c1-22(2)20(31)27-17-9-13(6-7-18(17)32-22)25-19-15(23)10-24-21(28-19)26-14-5-4-12-11-30(3)29-16(12)8-14/h4-11H,1-3H3,(H,27,31)(H2,24,25,26,28). The quantitative estimate of drug-likeness (QED) is 0.445. The number of aromatic nitrogens is 4. The first kappa shape index (κ1) is 19.7. The molecule has 0 bridgehead atoms. The van der Waals surface area contributed by atoms with E-state index in [1.165, 1.54) is 0 Å². The van der Waals surface area contributed by atoms with E-state index < -0.39 is 11.4 Å². The highest BCUT2D eigenvalue weighted by Gasteiger charge is 2.35. The number of nitrogens with zero attached hydrogens (tertiary/aromatic N) is 4. The third-order valence-electron chi connectivity index (χ3n) is 5.02. The van der Waals surface area contributed by atoms with E-state index in [0.29, 0.717) is 17.1 Å². The van der Waals surface area contributed by atoms with E-state index in [1.807, 2.05) is 31.4 Å². The van der Waals surface area contributed by atoms with E-state index in [0.717, 1.165) is 22.8 Å². The van der Waals surface area contributed by atoms with Crippen molar-refractivity contribution in [2.45, 2.75) is 19.4 Å². The predicted molar refractivity (Wildman–Crippen MR) is 119 cm³/mol. The maximum absolute atomic E-state index is 14.4. The number of carbonyl (C=O) groups excluding carboxylic acids is 1. The van der Waals surface area contributed by atoms with Gasteiger partial charge in [0.2, 0.25) is 5.95 Å². The average molecular weight is 433 g/mol. The Bertz CT molecular complexity index is 1370. The van der Waals surface area contributed by atoms with Gasteiger partial charge in [0.25, 0.3) is 5.91 Å². The Labute approximate surface area is 182 Å². The van der Waals surface area contributed by atoms with Crippen molar-refractivity contribution >= 4 is 45.6 Å². The monoisotopic (exact) mass is 433 g/mol. The molecule has 0 saturated carbocycles. The van der Waals surface area contributed by atoms with Crippen LogP contribution in [0.25, 0.3) is 10.9 Å². The summed E-state index contributed by atoms with van der Waals surface area (Å²) in [5.41, 5.74) is 1.62. The first-order valence-corrected chi connectivity index (χ1v) is 9.91. The van der Waals surface area contributed by atoms with Gasteiger partial charge in [0, 0.05) is 30.0 Å². The zero-order chi connectivity index (χ0) is 22.5. The molecule has 1 aliphatic rings. The summed E-state index contributed by atoms with van der Waals surface area (Å²) in [6.45, 7) is 3.38. The third kappa shape index (κ3) is 3.66. The fraction of sp³-hybridized carbons (Fsp3) is 0.182. The number of anilines is 5. The fourth-order valence-electron chi connectivity index (χ4n) is 3.39. The van der Waals surface area contributed by atoms with Crippen molar-refractivity contribution in [2.24, 2.45) is 7.05 Å². The van der Waals surface area contributed by atoms with Crippen LogP contribution in [-0.2, 0) is 11.8 Å². The van der Waals surface area contributed by atoms with Gasteiger partial charge in [-0.3, -0.25) is 9.48 Å². The number of fused-ring (bicyclic) bond motifs is 2. The number of nitrogens with one attached hydrogen (secondary N) is 3. The van der Waals surface area contributed by atoms with E-state index in [4.69, 9.17) is 4.74 Å². The Morgan fingerprint density at radius 1 is 1.12 bits per heavy atom. The molecule has 9 nitrogen and oxygen atoms in total. The summed E-state index contributed by atoms with van der Waals surface area (Å²) >= 11 is 0. The molecule has 1 aliphatic heterocycles. The van der Waals surface area contributed by atoms with Crippen LogP contribution in [0.1, 0.15) is 13.8 Å². The molecule has 2 aromatic carbocycles. The molecule has 0 fully saturated rings. The molecule has 162 valence electrons. The minimum Gasteiger partial charge on any atom is -0.476 e. The van der Waals surface area contributed by atoms with Crippen molar-refractivity contribution in [1.82, 2.24) is 19.7 Å². The largest absolute Gasteiger partial charge is 0.476 e. The SMILES string of the molecule is Cn1cc2ccc(Nc3ncc(F)c(Nc4ccc5c(c4)NC(=O)C(C)(C)O5)n3)cc2n1. The van der Waals surface area contributed by atoms with Crippen LogP contribution < -0.4 is 20.7 Å². The van der Waals surface area contributed by atoms with Crippen LogP contribution in [-0.4, -0.2) is 31.3 Å². The first-order chi connectivity index (χ1) is 15.3. The second kappa shape index (κ2) is 7.19. The highest BCUT2D eigenvalue weighted by atomic mass is 19.1. The zero-order valence-corrected chi connectivity index (χ0v) is 17.6. The van der Waals surface area contributed by atoms with Crippen molar-refractivity contribution < 1.29 is 13.9 Å². The van der Waals surface area contributed by atoms with Gasteiger partial charge >= 0.3 is 0 Å². The second-order valence-electron chi connectivity index (χ2n) is 7.99. The van der Waals surface area contributed by atoms with Crippen molar-refractivity contribution in [3.05, 3.63) is 54.6 Å². The third-order valence-corrected chi connectivity index (χ3v) is 5.02. The lowest BCUT2D eigenvalue weighted by atomic mass is 10.1. The lowest BCUT2D eigenvalue weighted by Gasteiger charge is -2.31. The van der Waals surface area contributed by atoms with Gasteiger partial charge < -0.3 is 20.7 Å². The van der Waals surface area contributed by atoms with Crippen molar-refractivity contribution in [3.63, 3.8) is 0 Å². The predicted octanol–water partition coefficient (Wildman–Crippen LogP) is 4.10. The van der Waals surface area contributed by atoms with Crippen molar-refractivity contribution in [3.8, 4) is 5.75 Å². The number of aryl methyl sites for hydroxylation is 1. The zero-order valence-electron chi connectivity index (χ0n) is 17.6. The van der Waals surface area contributed by atoms with E-state index >= 15 is 0 Å². The Morgan fingerprint density at radius 3 is 2.75 bits per heavy atom. The average Bonchev–Trinajstić information content (AvgIpc) is 3.11. The number of rotatable bonds is 4. The van der Waals surface area contributed by atoms with Gasteiger partial charge in [0.1, 0.15) is 5.75 Å². The molecule has 3 heterocycles. The molecular weight excluding hydrogens is 413 g/mol. The number of amides is 1. The van der Waals surface area contributed by atoms with Gasteiger partial charge in [-0.05, 0) is 50.2 Å². The summed E-state index contributed by atoms with van der Waals surface area (Å²) in [5, 5.41) is 14.2. The molecule has 0 spiro atoms.